The number of nitrogens with zero attached hydrogens (tertiary/aromatic N) is 2. The lowest BCUT2D eigenvalue weighted by atomic mass is 10.1. The molecule has 6 heteroatoms. The summed E-state index contributed by atoms with van der Waals surface area (Å²) in [5, 5.41) is 2.76. The van der Waals surface area contributed by atoms with Crippen molar-refractivity contribution >= 4 is 35.1 Å². The number of nitrogens with one attached hydrogen (secondary N) is 1. The predicted molar refractivity (Wildman–Crippen MR) is 91.5 cm³/mol. The fourth-order valence-corrected chi connectivity index (χ4v) is 2.97. The fourth-order valence-electron chi connectivity index (χ4n) is 2.56. The van der Waals surface area contributed by atoms with E-state index in [4.69, 9.17) is 0 Å². The van der Waals surface area contributed by atoms with Crippen molar-refractivity contribution in [2.75, 3.05) is 23.0 Å². The molecule has 1 atom stereocenters. The van der Waals surface area contributed by atoms with Gasteiger partial charge in [-0.2, -0.15) is 0 Å². The van der Waals surface area contributed by atoms with E-state index in [1.54, 1.807) is 35.0 Å². The zero-order chi connectivity index (χ0) is 16.2. The van der Waals surface area contributed by atoms with Crippen LogP contribution >= 0.6 is 11.8 Å². The fraction of sp³-hybridized carbons (Fsp3) is 0.235. The Kier molecular flexibility index (Phi) is 4.62. The van der Waals surface area contributed by atoms with Crippen molar-refractivity contribution in [3.8, 4) is 0 Å². The zero-order valence-electron chi connectivity index (χ0n) is 12.7. The smallest absolute Gasteiger partial charge is 0.230 e. The normalized spacial score (nSPS) is 17.3. The molecule has 5 nitrogen and oxygen atoms in total. The molecule has 0 aliphatic carbocycles. The highest BCUT2D eigenvalue weighted by atomic mass is 32.2. The number of pyridine rings is 1. The standard InChI is InChI=1S/C17H17N3O2S/c1-23-14-7-5-13(6-8-14)20-11-12(10-16(20)21)17(22)19-15-4-2-3-9-18-15/h2-9,12H,10-11H2,1H3,(H,18,19,22)/t12-/m1/s1. The Morgan fingerprint density at radius 1 is 1.26 bits per heavy atom. The average Bonchev–Trinajstić information content (AvgIpc) is 2.98. The first-order chi connectivity index (χ1) is 11.2. The Bertz CT molecular complexity index is 704. The molecule has 0 bridgehead atoms. The molecule has 1 fully saturated rings. The lowest BCUT2D eigenvalue weighted by Gasteiger charge is -2.17. The maximum absolute atomic E-state index is 12.3. The molecule has 1 N–H and O–H groups in total. The van der Waals surface area contributed by atoms with Crippen molar-refractivity contribution in [3.05, 3.63) is 48.7 Å². The molecule has 1 saturated heterocycles. The monoisotopic (exact) mass is 327 g/mol. The maximum atomic E-state index is 12.3. The van der Waals surface area contributed by atoms with Crippen molar-refractivity contribution in [3.63, 3.8) is 0 Å². The van der Waals surface area contributed by atoms with E-state index in [1.807, 2.05) is 36.6 Å². The lowest BCUT2D eigenvalue weighted by molar-refractivity contribution is -0.122. The minimum absolute atomic E-state index is 0.0249. The topological polar surface area (TPSA) is 62.3 Å². The molecular weight excluding hydrogens is 310 g/mol. The molecule has 0 spiro atoms. The van der Waals surface area contributed by atoms with Crippen LogP contribution in [-0.4, -0.2) is 29.6 Å². The second-order valence-electron chi connectivity index (χ2n) is 5.31. The Hall–Kier alpha value is -2.34. The molecule has 0 radical (unpaired) electrons. The number of thioether (sulfide) groups is 1. The molecule has 1 aromatic heterocycles. The summed E-state index contributed by atoms with van der Waals surface area (Å²) in [6.45, 7) is 0.399. The minimum atomic E-state index is -0.357. The van der Waals surface area contributed by atoms with Crippen molar-refractivity contribution in [1.82, 2.24) is 4.98 Å². The van der Waals surface area contributed by atoms with E-state index in [-0.39, 0.29) is 24.2 Å². The molecule has 0 saturated carbocycles. The van der Waals surface area contributed by atoms with Gasteiger partial charge >= 0.3 is 0 Å². The predicted octanol–water partition coefficient (Wildman–Crippen LogP) is 2.80. The molecule has 2 aromatic rings. The van der Waals surface area contributed by atoms with Crippen molar-refractivity contribution in [2.24, 2.45) is 5.92 Å². The summed E-state index contributed by atoms with van der Waals surface area (Å²) in [7, 11) is 0. The third-order valence-corrected chi connectivity index (χ3v) is 4.54. The van der Waals surface area contributed by atoms with E-state index in [2.05, 4.69) is 10.3 Å². The summed E-state index contributed by atoms with van der Waals surface area (Å²) < 4.78 is 0. The van der Waals surface area contributed by atoms with Crippen LogP contribution in [0.3, 0.4) is 0 Å². The number of carbonyl (C=O) groups excluding carboxylic acids is 2. The van der Waals surface area contributed by atoms with Gasteiger partial charge in [0.05, 0.1) is 5.92 Å². The Morgan fingerprint density at radius 3 is 2.70 bits per heavy atom. The Labute approximate surface area is 139 Å². The van der Waals surface area contributed by atoms with Crippen molar-refractivity contribution < 1.29 is 9.59 Å². The molecular formula is C17H17N3O2S. The molecule has 118 valence electrons. The summed E-state index contributed by atoms with van der Waals surface area (Å²) >= 11 is 1.65. The zero-order valence-corrected chi connectivity index (χ0v) is 13.5. The highest BCUT2D eigenvalue weighted by molar-refractivity contribution is 7.98. The SMILES string of the molecule is CSc1ccc(N2C[C@H](C(=O)Nc3ccccn3)CC2=O)cc1. The minimum Gasteiger partial charge on any atom is -0.312 e. The van der Waals surface area contributed by atoms with Gasteiger partial charge in [-0.05, 0) is 42.7 Å². The van der Waals surface area contributed by atoms with E-state index in [1.165, 1.54) is 0 Å². The highest BCUT2D eigenvalue weighted by Crippen LogP contribution is 2.27. The van der Waals surface area contributed by atoms with Crippen molar-refractivity contribution in [2.45, 2.75) is 11.3 Å². The van der Waals surface area contributed by atoms with E-state index < -0.39 is 0 Å². The third kappa shape index (κ3) is 3.53. The summed E-state index contributed by atoms with van der Waals surface area (Å²) in [6, 6.07) is 13.1. The van der Waals surface area contributed by atoms with Gasteiger partial charge in [-0.15, -0.1) is 11.8 Å². The van der Waals surface area contributed by atoms with Crippen LogP contribution in [0.5, 0.6) is 0 Å². The van der Waals surface area contributed by atoms with E-state index >= 15 is 0 Å². The highest BCUT2D eigenvalue weighted by Gasteiger charge is 2.35. The molecule has 1 aliphatic heterocycles. The molecule has 2 heterocycles. The van der Waals surface area contributed by atoms with Crippen LogP contribution in [0.2, 0.25) is 0 Å². The number of carbonyl (C=O) groups is 2. The van der Waals surface area contributed by atoms with Crippen LogP contribution in [-0.2, 0) is 9.59 Å². The van der Waals surface area contributed by atoms with Gasteiger partial charge in [0.1, 0.15) is 5.82 Å². The van der Waals surface area contributed by atoms with Gasteiger partial charge in [-0.3, -0.25) is 9.59 Å². The average molecular weight is 327 g/mol. The van der Waals surface area contributed by atoms with Crippen molar-refractivity contribution in [1.29, 1.82) is 0 Å². The molecule has 2 amide bonds. The van der Waals surface area contributed by atoms with Gasteiger partial charge in [0.25, 0.3) is 0 Å². The first-order valence-corrected chi connectivity index (χ1v) is 8.56. The Balaban J connectivity index is 1.67. The molecule has 1 aliphatic rings. The van der Waals surface area contributed by atoms with E-state index in [9.17, 15) is 9.59 Å². The van der Waals surface area contributed by atoms with Crippen LogP contribution in [0.4, 0.5) is 11.5 Å². The Morgan fingerprint density at radius 2 is 2.04 bits per heavy atom. The number of hydrogen-bond donors (Lipinski definition) is 1. The van der Waals surface area contributed by atoms with Crippen LogP contribution < -0.4 is 10.2 Å². The van der Waals surface area contributed by atoms with E-state index in [0.717, 1.165) is 10.6 Å². The number of benzene rings is 1. The summed E-state index contributed by atoms with van der Waals surface area (Å²) in [6.07, 6.45) is 3.85. The quantitative estimate of drug-likeness (QED) is 0.877. The molecule has 23 heavy (non-hydrogen) atoms. The van der Waals surface area contributed by atoms with Gasteiger partial charge < -0.3 is 10.2 Å². The maximum Gasteiger partial charge on any atom is 0.230 e. The number of rotatable bonds is 4. The molecule has 1 aromatic carbocycles. The van der Waals surface area contributed by atoms with Gasteiger partial charge in [0.15, 0.2) is 0 Å². The third-order valence-electron chi connectivity index (χ3n) is 3.80. The van der Waals surface area contributed by atoms with Gasteiger partial charge in [0, 0.05) is 29.7 Å². The summed E-state index contributed by atoms with van der Waals surface area (Å²) in [5.41, 5.74) is 0.834. The summed E-state index contributed by atoms with van der Waals surface area (Å²) in [4.78, 5) is 31.4. The van der Waals surface area contributed by atoms with Crippen LogP contribution in [0, 0.1) is 5.92 Å². The number of hydrogen-bond acceptors (Lipinski definition) is 4. The number of aromatic nitrogens is 1. The first-order valence-electron chi connectivity index (χ1n) is 7.33. The lowest BCUT2D eigenvalue weighted by Crippen LogP contribution is -2.28. The second kappa shape index (κ2) is 6.83. The van der Waals surface area contributed by atoms with Crippen LogP contribution in [0.1, 0.15) is 6.42 Å². The van der Waals surface area contributed by atoms with Crippen LogP contribution in [0.25, 0.3) is 0 Å². The number of amides is 2. The van der Waals surface area contributed by atoms with Gasteiger partial charge in [-0.25, -0.2) is 4.98 Å². The second-order valence-corrected chi connectivity index (χ2v) is 6.19. The van der Waals surface area contributed by atoms with Gasteiger partial charge in [0.2, 0.25) is 11.8 Å². The largest absolute Gasteiger partial charge is 0.312 e. The van der Waals surface area contributed by atoms with E-state index in [0.29, 0.717) is 12.4 Å². The van der Waals surface area contributed by atoms with Crippen LogP contribution in [0.15, 0.2) is 53.6 Å². The molecule has 3 rings (SSSR count). The first kappa shape index (κ1) is 15.6. The number of anilines is 2. The molecule has 0 unspecified atom stereocenters. The van der Waals surface area contributed by atoms with Gasteiger partial charge in [-0.1, -0.05) is 6.07 Å². The summed E-state index contributed by atoms with van der Waals surface area (Å²) in [5.74, 6) is -0.0409.